The number of methoxy groups -OCH3 is 1. The summed E-state index contributed by atoms with van der Waals surface area (Å²) in [6.45, 7) is 11.8. The van der Waals surface area contributed by atoms with Crippen LogP contribution in [0.1, 0.15) is 44.0 Å². The van der Waals surface area contributed by atoms with Crippen LogP contribution >= 0.6 is 0 Å². The maximum atomic E-state index is 12.7. The number of hydrogen-bond acceptors (Lipinski definition) is 3. The van der Waals surface area contributed by atoms with E-state index in [2.05, 4.69) is 25.7 Å². The molecular weight excluding hydrogens is 300 g/mol. The fourth-order valence-corrected chi connectivity index (χ4v) is 3.59. The van der Waals surface area contributed by atoms with Crippen molar-refractivity contribution >= 4 is 5.91 Å². The minimum atomic E-state index is 0.134. The lowest BCUT2D eigenvalue weighted by molar-refractivity contribution is 0.0760. The van der Waals surface area contributed by atoms with Gasteiger partial charge in [0.05, 0.1) is 7.11 Å². The smallest absolute Gasteiger partial charge is 0.253 e. The number of amides is 1. The van der Waals surface area contributed by atoms with E-state index in [1.54, 1.807) is 7.11 Å². The van der Waals surface area contributed by atoms with Gasteiger partial charge in [0.1, 0.15) is 5.75 Å². The molecule has 1 aromatic rings. The Morgan fingerprint density at radius 3 is 2.42 bits per heavy atom. The molecule has 4 nitrogen and oxygen atoms in total. The number of carbonyl (C=O) groups is 1. The monoisotopic (exact) mass is 332 g/mol. The van der Waals surface area contributed by atoms with E-state index in [-0.39, 0.29) is 5.91 Å². The van der Waals surface area contributed by atoms with Crippen molar-refractivity contribution < 1.29 is 9.53 Å². The van der Waals surface area contributed by atoms with Crippen molar-refractivity contribution in [3.63, 3.8) is 0 Å². The highest BCUT2D eigenvalue weighted by Crippen LogP contribution is 2.16. The number of ether oxygens (including phenoxy) is 1. The van der Waals surface area contributed by atoms with Gasteiger partial charge in [-0.2, -0.15) is 0 Å². The molecule has 2 rings (SSSR count). The molecule has 1 heterocycles. The Morgan fingerprint density at radius 1 is 1.08 bits per heavy atom. The van der Waals surface area contributed by atoms with Crippen molar-refractivity contribution in [1.82, 2.24) is 9.80 Å². The van der Waals surface area contributed by atoms with Crippen molar-refractivity contribution in [2.24, 2.45) is 11.8 Å². The summed E-state index contributed by atoms with van der Waals surface area (Å²) in [5, 5.41) is 0. The van der Waals surface area contributed by atoms with E-state index in [1.165, 1.54) is 6.42 Å². The molecule has 1 saturated heterocycles. The molecule has 4 heteroatoms. The van der Waals surface area contributed by atoms with Crippen LogP contribution in [-0.2, 0) is 0 Å². The third kappa shape index (κ3) is 5.52. The molecule has 0 N–H and O–H groups in total. The molecule has 0 saturated carbocycles. The number of rotatable bonds is 6. The molecule has 1 aromatic carbocycles. The lowest BCUT2D eigenvalue weighted by Crippen LogP contribution is -2.36. The van der Waals surface area contributed by atoms with Gasteiger partial charge in [0, 0.05) is 31.7 Å². The predicted octanol–water partition coefficient (Wildman–Crippen LogP) is 3.53. The topological polar surface area (TPSA) is 32.8 Å². The summed E-state index contributed by atoms with van der Waals surface area (Å²) in [5.74, 6) is 2.39. The second-order valence-electron chi connectivity index (χ2n) is 7.41. The van der Waals surface area contributed by atoms with Crippen molar-refractivity contribution in [3.05, 3.63) is 29.8 Å². The lowest BCUT2D eigenvalue weighted by atomic mass is 9.98. The van der Waals surface area contributed by atoms with Gasteiger partial charge in [-0.15, -0.1) is 0 Å². The van der Waals surface area contributed by atoms with Gasteiger partial charge in [-0.1, -0.05) is 20.8 Å². The maximum absolute atomic E-state index is 12.7. The van der Waals surface area contributed by atoms with Crippen LogP contribution < -0.4 is 4.74 Å². The Bertz CT molecular complexity index is 513. The minimum absolute atomic E-state index is 0.134. The zero-order valence-electron chi connectivity index (χ0n) is 15.6. The number of carbonyl (C=O) groups excluding carboxylic acids is 1. The van der Waals surface area contributed by atoms with Crippen LogP contribution in [0.4, 0.5) is 0 Å². The lowest BCUT2D eigenvalue weighted by Gasteiger charge is -2.25. The maximum Gasteiger partial charge on any atom is 0.253 e. The predicted molar refractivity (Wildman–Crippen MR) is 98.6 cm³/mol. The van der Waals surface area contributed by atoms with E-state index < -0.39 is 0 Å². The Balaban J connectivity index is 1.88. The summed E-state index contributed by atoms with van der Waals surface area (Å²) in [4.78, 5) is 17.2. The van der Waals surface area contributed by atoms with E-state index in [1.807, 2.05) is 29.2 Å². The molecule has 1 amide bonds. The van der Waals surface area contributed by atoms with Gasteiger partial charge in [-0.05, 0) is 55.5 Å². The van der Waals surface area contributed by atoms with E-state index in [0.717, 1.165) is 56.4 Å². The van der Waals surface area contributed by atoms with E-state index in [0.29, 0.717) is 5.92 Å². The van der Waals surface area contributed by atoms with Crippen LogP contribution in [0.5, 0.6) is 5.75 Å². The average molecular weight is 332 g/mol. The normalized spacial score (nSPS) is 17.6. The molecular formula is C20H32N2O2. The zero-order valence-corrected chi connectivity index (χ0v) is 15.6. The first kappa shape index (κ1) is 18.8. The Labute approximate surface area is 146 Å². The van der Waals surface area contributed by atoms with Gasteiger partial charge in [0.25, 0.3) is 5.91 Å². The zero-order chi connectivity index (χ0) is 17.5. The first-order valence-corrected chi connectivity index (χ1v) is 9.15. The molecule has 0 aromatic heterocycles. The molecule has 134 valence electrons. The average Bonchev–Trinajstić information content (AvgIpc) is 2.79. The summed E-state index contributed by atoms with van der Waals surface area (Å²) < 4.78 is 5.16. The Hall–Kier alpha value is -1.55. The Kier molecular flexibility index (Phi) is 7.10. The molecule has 24 heavy (non-hydrogen) atoms. The molecule has 0 aliphatic carbocycles. The highest BCUT2D eigenvalue weighted by atomic mass is 16.5. The minimum Gasteiger partial charge on any atom is -0.497 e. The second kappa shape index (κ2) is 9.07. The summed E-state index contributed by atoms with van der Waals surface area (Å²) in [6.07, 6.45) is 2.32. The SMILES string of the molecule is COc1ccc(C(=O)N2CCCN(CC(C)CC(C)C)CC2)cc1. The van der Waals surface area contributed by atoms with Gasteiger partial charge in [-0.25, -0.2) is 0 Å². The van der Waals surface area contributed by atoms with Crippen LogP contribution in [-0.4, -0.2) is 55.5 Å². The van der Waals surface area contributed by atoms with Crippen LogP contribution in [0.15, 0.2) is 24.3 Å². The molecule has 1 aliphatic rings. The first-order chi connectivity index (χ1) is 11.5. The van der Waals surface area contributed by atoms with Crippen molar-refractivity contribution in [2.45, 2.75) is 33.6 Å². The first-order valence-electron chi connectivity index (χ1n) is 9.15. The quantitative estimate of drug-likeness (QED) is 0.799. The number of hydrogen-bond donors (Lipinski definition) is 0. The number of nitrogens with zero attached hydrogens (tertiary/aromatic N) is 2. The summed E-state index contributed by atoms with van der Waals surface area (Å²) in [7, 11) is 1.64. The van der Waals surface area contributed by atoms with Gasteiger partial charge >= 0.3 is 0 Å². The summed E-state index contributed by atoms with van der Waals surface area (Å²) in [5.41, 5.74) is 0.748. The highest BCUT2D eigenvalue weighted by molar-refractivity contribution is 5.94. The molecule has 1 atom stereocenters. The molecule has 1 unspecified atom stereocenters. The summed E-state index contributed by atoms with van der Waals surface area (Å²) in [6, 6.07) is 7.42. The summed E-state index contributed by atoms with van der Waals surface area (Å²) >= 11 is 0. The second-order valence-corrected chi connectivity index (χ2v) is 7.41. The highest BCUT2D eigenvalue weighted by Gasteiger charge is 2.21. The molecule has 0 spiro atoms. The van der Waals surface area contributed by atoms with Crippen molar-refractivity contribution in [3.8, 4) is 5.75 Å². The molecule has 0 radical (unpaired) electrons. The van der Waals surface area contributed by atoms with Gasteiger partial charge in [-0.3, -0.25) is 4.79 Å². The van der Waals surface area contributed by atoms with Crippen molar-refractivity contribution in [2.75, 3.05) is 39.8 Å². The van der Waals surface area contributed by atoms with Crippen LogP contribution in [0.2, 0.25) is 0 Å². The number of benzene rings is 1. The van der Waals surface area contributed by atoms with Gasteiger partial charge in [0.15, 0.2) is 0 Å². The molecule has 1 fully saturated rings. The standard InChI is InChI=1S/C20H32N2O2/c1-16(2)14-17(3)15-21-10-5-11-22(13-12-21)20(23)18-6-8-19(24-4)9-7-18/h6-9,16-17H,5,10-15H2,1-4H3. The van der Waals surface area contributed by atoms with Crippen LogP contribution in [0, 0.1) is 11.8 Å². The van der Waals surface area contributed by atoms with Crippen LogP contribution in [0.3, 0.4) is 0 Å². The third-order valence-electron chi connectivity index (χ3n) is 4.66. The largest absolute Gasteiger partial charge is 0.497 e. The molecule has 0 bridgehead atoms. The Morgan fingerprint density at radius 2 is 1.79 bits per heavy atom. The fraction of sp³-hybridized carbons (Fsp3) is 0.650. The fourth-order valence-electron chi connectivity index (χ4n) is 3.59. The van der Waals surface area contributed by atoms with Crippen molar-refractivity contribution in [1.29, 1.82) is 0 Å². The third-order valence-corrected chi connectivity index (χ3v) is 4.66. The van der Waals surface area contributed by atoms with E-state index in [4.69, 9.17) is 4.74 Å². The van der Waals surface area contributed by atoms with Gasteiger partial charge in [0.2, 0.25) is 0 Å². The van der Waals surface area contributed by atoms with Gasteiger partial charge < -0.3 is 14.5 Å². The molecule has 1 aliphatic heterocycles. The van der Waals surface area contributed by atoms with Crippen LogP contribution in [0.25, 0.3) is 0 Å². The van der Waals surface area contributed by atoms with E-state index in [9.17, 15) is 4.79 Å². The van der Waals surface area contributed by atoms with E-state index >= 15 is 0 Å².